The predicted octanol–water partition coefficient (Wildman–Crippen LogP) is -3.25. The lowest BCUT2D eigenvalue weighted by molar-refractivity contribution is -0.170. The first kappa shape index (κ1) is 39.3. The van der Waals surface area contributed by atoms with Crippen LogP contribution in [-0.4, -0.2) is 156 Å². The second-order valence-corrected chi connectivity index (χ2v) is 9.25. The lowest BCUT2D eigenvalue weighted by Gasteiger charge is -2.24. The van der Waals surface area contributed by atoms with Gasteiger partial charge in [0.2, 0.25) is 0 Å². The third-order valence-electron chi connectivity index (χ3n) is 4.60. The van der Waals surface area contributed by atoms with Crippen molar-refractivity contribution in [3.63, 3.8) is 0 Å². The van der Waals surface area contributed by atoms with Crippen LogP contribution in [0, 0.1) is 0 Å². The molecular weight excluding hydrogens is 582 g/mol. The van der Waals surface area contributed by atoms with Gasteiger partial charge in [0.25, 0.3) is 0 Å². The molecule has 0 bridgehead atoms. The molecule has 0 aromatic rings. The normalized spacial score (nSPS) is 11.6. The highest BCUT2D eigenvalue weighted by Crippen LogP contribution is 2.15. The maximum atomic E-state index is 11.9. The van der Waals surface area contributed by atoms with Gasteiger partial charge in [-0.15, -0.1) is 0 Å². The molecule has 20 heteroatoms. The summed E-state index contributed by atoms with van der Waals surface area (Å²) in [5, 5.41) is 60.3. The molecule has 19 nitrogen and oxygen atoms in total. The van der Waals surface area contributed by atoms with E-state index in [0.717, 1.165) is 9.80 Å². The summed E-state index contributed by atoms with van der Waals surface area (Å²) in [5.41, 5.74) is 2.85. The van der Waals surface area contributed by atoms with Gasteiger partial charge in [-0.1, -0.05) is 0 Å². The Labute approximate surface area is 236 Å². The van der Waals surface area contributed by atoms with E-state index in [1.807, 2.05) is 6.26 Å². The van der Waals surface area contributed by atoms with Crippen LogP contribution >= 0.6 is 11.8 Å². The molecule has 1 atom stereocenters. The molecule has 41 heavy (non-hydrogen) atoms. The summed E-state index contributed by atoms with van der Waals surface area (Å²) in [6.07, 6.45) is -0.153. The van der Waals surface area contributed by atoms with Crippen molar-refractivity contribution in [3.8, 4) is 0 Å². The van der Waals surface area contributed by atoms with Gasteiger partial charge in [-0.2, -0.15) is 11.8 Å². The zero-order valence-corrected chi connectivity index (χ0v) is 22.6. The van der Waals surface area contributed by atoms with Gasteiger partial charge in [0, 0.05) is 13.1 Å². The summed E-state index contributed by atoms with van der Waals surface area (Å²) in [7, 11) is 0. The number of carboxylic acid groups (broad SMARTS) is 6. The van der Waals surface area contributed by atoms with Gasteiger partial charge in [-0.05, 0) is 18.4 Å². The average Bonchev–Trinajstić information content (AvgIpc) is 2.78. The van der Waals surface area contributed by atoms with Gasteiger partial charge < -0.3 is 46.2 Å². The first-order valence-electron chi connectivity index (χ1n) is 11.3. The van der Waals surface area contributed by atoms with Gasteiger partial charge in [-0.3, -0.25) is 38.6 Å². The number of esters is 2. The number of nitrogens with zero attached hydrogens (tertiary/aromatic N) is 2. The molecule has 0 spiro atoms. The van der Waals surface area contributed by atoms with Crippen molar-refractivity contribution < 1.29 is 78.8 Å². The van der Waals surface area contributed by atoms with E-state index in [1.165, 1.54) is 11.8 Å². The SMILES string of the molecule is CSCC[C@H](N)C(=O)OC(=O)CN(CCN(CC(=O)O)CC(=O)O)CC(=O)O.O=C(O)CC(O)(CC(=O)O)C(=O)O. The van der Waals surface area contributed by atoms with Crippen molar-refractivity contribution >= 4 is 59.5 Å². The van der Waals surface area contributed by atoms with E-state index in [1.54, 1.807) is 0 Å². The Morgan fingerprint density at radius 3 is 1.44 bits per heavy atom. The van der Waals surface area contributed by atoms with Crippen LogP contribution in [0.25, 0.3) is 0 Å². The molecule has 0 aromatic heterocycles. The highest BCUT2D eigenvalue weighted by atomic mass is 32.2. The van der Waals surface area contributed by atoms with Gasteiger partial charge in [0.15, 0.2) is 5.60 Å². The van der Waals surface area contributed by atoms with E-state index < -0.39 is 98.4 Å². The second-order valence-electron chi connectivity index (χ2n) is 8.26. The number of hydrogen-bond acceptors (Lipinski definition) is 14. The summed E-state index contributed by atoms with van der Waals surface area (Å²) in [5.74, 6) is -10.1. The molecule has 0 unspecified atom stereocenters. The van der Waals surface area contributed by atoms with Crippen LogP contribution in [0.4, 0.5) is 0 Å². The minimum Gasteiger partial charge on any atom is -0.481 e. The van der Waals surface area contributed by atoms with Crippen molar-refractivity contribution in [2.24, 2.45) is 5.73 Å². The molecule has 0 radical (unpaired) electrons. The highest BCUT2D eigenvalue weighted by molar-refractivity contribution is 7.98. The fourth-order valence-electron chi connectivity index (χ4n) is 2.76. The van der Waals surface area contributed by atoms with E-state index in [4.69, 9.17) is 41.5 Å². The molecule has 0 amide bonds. The Balaban J connectivity index is 0. The third-order valence-corrected chi connectivity index (χ3v) is 5.24. The van der Waals surface area contributed by atoms with Crippen molar-refractivity contribution in [1.29, 1.82) is 0 Å². The molecule has 0 aliphatic carbocycles. The quantitative estimate of drug-likeness (QED) is 0.0492. The average molecular weight is 616 g/mol. The van der Waals surface area contributed by atoms with Gasteiger partial charge in [0.05, 0.1) is 39.0 Å². The highest BCUT2D eigenvalue weighted by Gasteiger charge is 2.40. The predicted molar refractivity (Wildman–Crippen MR) is 135 cm³/mol. The topological polar surface area (TPSA) is 320 Å². The first-order valence-corrected chi connectivity index (χ1v) is 12.7. The van der Waals surface area contributed by atoms with Crippen LogP contribution in [0.3, 0.4) is 0 Å². The van der Waals surface area contributed by atoms with Crippen LogP contribution in [0.15, 0.2) is 0 Å². The molecule has 0 heterocycles. The molecular formula is C21H33N3O16S. The number of hydrogen-bond donors (Lipinski definition) is 8. The minimum absolute atomic E-state index is 0.125. The van der Waals surface area contributed by atoms with Crippen molar-refractivity contribution in [2.75, 3.05) is 51.3 Å². The molecule has 234 valence electrons. The monoisotopic (exact) mass is 615 g/mol. The Hall–Kier alpha value is -3.85. The number of ether oxygens (including phenoxy) is 1. The minimum atomic E-state index is -2.74. The van der Waals surface area contributed by atoms with E-state index in [-0.39, 0.29) is 13.1 Å². The number of rotatable bonds is 20. The first-order chi connectivity index (χ1) is 18.8. The van der Waals surface area contributed by atoms with Crippen molar-refractivity contribution in [1.82, 2.24) is 9.80 Å². The number of aliphatic hydroxyl groups is 1. The van der Waals surface area contributed by atoms with E-state index in [9.17, 15) is 38.4 Å². The molecule has 0 fully saturated rings. The maximum absolute atomic E-state index is 11.9. The summed E-state index contributed by atoms with van der Waals surface area (Å²) in [6, 6.07) is -0.981. The lowest BCUT2D eigenvalue weighted by Crippen LogP contribution is -2.44. The van der Waals surface area contributed by atoms with Crippen LogP contribution in [0.2, 0.25) is 0 Å². The molecule has 0 saturated carbocycles. The van der Waals surface area contributed by atoms with E-state index in [0.29, 0.717) is 12.2 Å². The fraction of sp³-hybridized carbons (Fsp3) is 0.619. The summed E-state index contributed by atoms with van der Waals surface area (Å²) in [6.45, 7) is -2.53. The summed E-state index contributed by atoms with van der Waals surface area (Å²) >= 11 is 1.47. The number of thioether (sulfide) groups is 1. The van der Waals surface area contributed by atoms with E-state index >= 15 is 0 Å². The van der Waals surface area contributed by atoms with Crippen LogP contribution < -0.4 is 5.73 Å². The number of aliphatic carboxylic acids is 6. The smallest absolute Gasteiger partial charge is 0.336 e. The third kappa shape index (κ3) is 20.7. The number of carbonyl (C=O) groups is 8. The molecule has 0 saturated heterocycles. The van der Waals surface area contributed by atoms with Gasteiger partial charge in [0.1, 0.15) is 6.04 Å². The van der Waals surface area contributed by atoms with Crippen molar-refractivity contribution in [2.45, 2.75) is 30.9 Å². The Kier molecular flexibility index (Phi) is 19.3. The van der Waals surface area contributed by atoms with Crippen LogP contribution in [0.1, 0.15) is 19.3 Å². The van der Waals surface area contributed by atoms with Gasteiger partial charge in [-0.25, -0.2) is 9.59 Å². The summed E-state index contributed by atoms with van der Waals surface area (Å²) in [4.78, 5) is 88.8. The zero-order valence-electron chi connectivity index (χ0n) is 21.8. The summed E-state index contributed by atoms with van der Waals surface area (Å²) < 4.78 is 4.61. The van der Waals surface area contributed by atoms with E-state index in [2.05, 4.69) is 4.74 Å². The Bertz CT molecular complexity index is 927. The van der Waals surface area contributed by atoms with Crippen molar-refractivity contribution in [3.05, 3.63) is 0 Å². The number of nitrogens with two attached hydrogens (primary N) is 1. The molecule has 0 rings (SSSR count). The fourth-order valence-corrected chi connectivity index (χ4v) is 3.25. The second kappa shape index (κ2) is 20.1. The lowest BCUT2D eigenvalue weighted by atomic mass is 9.96. The molecule has 0 aliphatic rings. The molecule has 0 aromatic carbocycles. The standard InChI is InChI=1S/C15H25N3O9S.C6H8O7/c1-28-5-2-10(16)15(26)27-14(25)9-18(8-13(23)24)4-3-17(6-11(19)20)7-12(21)22;7-3(8)1-6(13,5(11)12)2-4(9)10/h10H,2-9,16H2,1H3,(H,19,20)(H,21,22)(H,23,24);13H,1-2H2,(H,7,8)(H,9,10)(H,11,12)/t10-;/m0./s1. The number of carbonyl (C=O) groups excluding carboxylic acids is 2. The zero-order chi connectivity index (χ0) is 32.3. The van der Waals surface area contributed by atoms with Gasteiger partial charge >= 0.3 is 47.8 Å². The molecule has 0 aliphatic heterocycles. The van der Waals surface area contributed by atoms with Crippen LogP contribution in [0.5, 0.6) is 0 Å². The molecule has 9 N–H and O–H groups in total. The number of carboxylic acids is 6. The Morgan fingerprint density at radius 1 is 0.732 bits per heavy atom. The van der Waals surface area contributed by atoms with Crippen LogP contribution in [-0.2, 0) is 43.1 Å². The Morgan fingerprint density at radius 2 is 1.12 bits per heavy atom. The largest absolute Gasteiger partial charge is 0.481 e. The maximum Gasteiger partial charge on any atom is 0.336 e.